The zero-order chi connectivity index (χ0) is 12.6. The Kier molecular flexibility index (Phi) is 2.71. The second-order valence-electron chi connectivity index (χ2n) is 4.18. The molecule has 0 saturated heterocycles. The van der Waals surface area contributed by atoms with Crippen molar-refractivity contribution >= 4 is 16.9 Å². The number of aliphatic carboxylic acids is 1. The van der Waals surface area contributed by atoms with E-state index in [1.165, 1.54) is 0 Å². The lowest BCUT2D eigenvalue weighted by atomic mass is 10.1. The van der Waals surface area contributed by atoms with E-state index >= 15 is 0 Å². The van der Waals surface area contributed by atoms with Crippen molar-refractivity contribution in [3.05, 3.63) is 45.7 Å². The summed E-state index contributed by atoms with van der Waals surface area (Å²) in [6, 6.07) is 5.45. The van der Waals surface area contributed by atoms with Crippen LogP contribution in [0, 0.1) is 13.8 Å². The number of carboxylic acid groups (broad SMARTS) is 1. The van der Waals surface area contributed by atoms with Crippen LogP contribution in [0.25, 0.3) is 10.9 Å². The third kappa shape index (κ3) is 2.06. The lowest BCUT2D eigenvalue weighted by molar-refractivity contribution is -0.137. The quantitative estimate of drug-likeness (QED) is 0.855. The van der Waals surface area contributed by atoms with Crippen LogP contribution in [-0.4, -0.2) is 15.6 Å². The summed E-state index contributed by atoms with van der Waals surface area (Å²) in [5.74, 6) is -0.921. The molecule has 0 radical (unpaired) electrons. The van der Waals surface area contributed by atoms with E-state index in [1.54, 1.807) is 29.8 Å². The fourth-order valence-electron chi connectivity index (χ4n) is 1.93. The van der Waals surface area contributed by atoms with Crippen LogP contribution in [-0.2, 0) is 11.3 Å². The second-order valence-corrected chi connectivity index (χ2v) is 4.18. The Hall–Kier alpha value is -2.10. The van der Waals surface area contributed by atoms with Gasteiger partial charge in [0.1, 0.15) is 6.54 Å². The second kappa shape index (κ2) is 4.05. The van der Waals surface area contributed by atoms with Crippen molar-refractivity contribution in [2.45, 2.75) is 20.4 Å². The molecule has 2 rings (SSSR count). The highest BCUT2D eigenvalue weighted by molar-refractivity contribution is 5.81. The molecule has 0 aliphatic carbocycles. The van der Waals surface area contributed by atoms with Crippen LogP contribution in [0.2, 0.25) is 0 Å². The van der Waals surface area contributed by atoms with Crippen molar-refractivity contribution in [2.24, 2.45) is 0 Å². The van der Waals surface area contributed by atoms with Gasteiger partial charge in [-0.3, -0.25) is 9.59 Å². The largest absolute Gasteiger partial charge is 0.480 e. The Bertz CT molecular complexity index is 655. The monoisotopic (exact) mass is 231 g/mol. The predicted octanol–water partition coefficient (Wildman–Crippen LogP) is 1.70. The molecule has 17 heavy (non-hydrogen) atoms. The van der Waals surface area contributed by atoms with Crippen LogP contribution >= 0.6 is 0 Å². The van der Waals surface area contributed by atoms with Crippen molar-refractivity contribution in [3.63, 3.8) is 0 Å². The molecule has 4 heteroatoms. The number of fused-ring (bicyclic) bond motifs is 1. The molecule has 0 unspecified atom stereocenters. The number of pyridine rings is 1. The zero-order valence-electron chi connectivity index (χ0n) is 9.73. The van der Waals surface area contributed by atoms with Gasteiger partial charge < -0.3 is 9.67 Å². The minimum Gasteiger partial charge on any atom is -0.480 e. The van der Waals surface area contributed by atoms with E-state index in [-0.39, 0.29) is 12.0 Å². The molecule has 0 atom stereocenters. The van der Waals surface area contributed by atoms with Crippen molar-refractivity contribution in [1.29, 1.82) is 0 Å². The summed E-state index contributed by atoms with van der Waals surface area (Å²) in [5.41, 5.74) is 2.17. The number of carboxylic acids is 1. The fourth-order valence-corrected chi connectivity index (χ4v) is 1.93. The molecule has 1 N–H and O–H groups in total. The number of rotatable bonds is 2. The number of nitrogens with zero attached hydrogens (tertiary/aromatic N) is 1. The summed E-state index contributed by atoms with van der Waals surface area (Å²) in [4.78, 5) is 22.7. The molecular formula is C13H13NO3. The van der Waals surface area contributed by atoms with Gasteiger partial charge in [-0.05, 0) is 26.0 Å². The smallest absolute Gasteiger partial charge is 0.323 e. The first-order chi connectivity index (χ1) is 7.99. The lowest BCUT2D eigenvalue weighted by Crippen LogP contribution is -2.16. The van der Waals surface area contributed by atoms with Gasteiger partial charge >= 0.3 is 5.97 Å². The SMILES string of the molecule is Cc1ccc2c(c1)c(=O)c(C)cn2CC(=O)O. The first kappa shape index (κ1) is 11.4. The average molecular weight is 231 g/mol. The minimum atomic E-state index is -0.921. The van der Waals surface area contributed by atoms with Crippen molar-refractivity contribution in [2.75, 3.05) is 0 Å². The standard InChI is InChI=1S/C13H13NO3/c1-8-3-4-11-10(5-8)13(17)9(2)6-14(11)7-12(15)16/h3-6H,7H2,1-2H3,(H,15,16). The Morgan fingerprint density at radius 3 is 2.71 bits per heavy atom. The summed E-state index contributed by atoms with van der Waals surface area (Å²) in [6.07, 6.45) is 1.59. The molecule has 88 valence electrons. The normalized spacial score (nSPS) is 10.7. The van der Waals surface area contributed by atoms with Crippen molar-refractivity contribution < 1.29 is 9.90 Å². The lowest BCUT2D eigenvalue weighted by Gasteiger charge is -2.10. The van der Waals surface area contributed by atoms with E-state index in [9.17, 15) is 9.59 Å². The Labute approximate surface area is 98.1 Å². The highest BCUT2D eigenvalue weighted by Gasteiger charge is 2.08. The van der Waals surface area contributed by atoms with Gasteiger partial charge in [0.05, 0.1) is 5.52 Å². The maximum atomic E-state index is 12.0. The van der Waals surface area contributed by atoms with Gasteiger partial charge in [-0.15, -0.1) is 0 Å². The maximum absolute atomic E-state index is 12.0. The van der Waals surface area contributed by atoms with E-state index in [0.717, 1.165) is 5.56 Å². The molecule has 0 fully saturated rings. The first-order valence-electron chi connectivity index (χ1n) is 5.31. The molecule has 2 aromatic rings. The van der Waals surface area contributed by atoms with E-state index in [4.69, 9.17) is 5.11 Å². The van der Waals surface area contributed by atoms with Gasteiger partial charge in [-0.2, -0.15) is 0 Å². The third-order valence-corrected chi connectivity index (χ3v) is 2.72. The van der Waals surface area contributed by atoms with E-state index in [1.807, 2.05) is 13.0 Å². The van der Waals surface area contributed by atoms with E-state index in [2.05, 4.69) is 0 Å². The molecule has 0 spiro atoms. The van der Waals surface area contributed by atoms with Gasteiger partial charge in [0.25, 0.3) is 0 Å². The third-order valence-electron chi connectivity index (χ3n) is 2.72. The molecule has 0 amide bonds. The van der Waals surface area contributed by atoms with Gasteiger partial charge in [0.2, 0.25) is 0 Å². The molecule has 0 aliphatic rings. The number of carbonyl (C=O) groups is 1. The molecule has 0 saturated carbocycles. The van der Waals surface area contributed by atoms with Gasteiger partial charge in [0.15, 0.2) is 5.43 Å². The number of hydrogen-bond acceptors (Lipinski definition) is 2. The van der Waals surface area contributed by atoms with Crippen LogP contribution < -0.4 is 5.43 Å². The molecule has 1 aromatic heterocycles. The van der Waals surface area contributed by atoms with Crippen LogP contribution in [0.4, 0.5) is 0 Å². The van der Waals surface area contributed by atoms with Crippen LogP contribution in [0.15, 0.2) is 29.2 Å². The average Bonchev–Trinajstić information content (AvgIpc) is 2.24. The van der Waals surface area contributed by atoms with E-state index < -0.39 is 5.97 Å². The highest BCUT2D eigenvalue weighted by atomic mass is 16.4. The van der Waals surface area contributed by atoms with Crippen LogP contribution in [0.1, 0.15) is 11.1 Å². The topological polar surface area (TPSA) is 59.3 Å². The molecule has 4 nitrogen and oxygen atoms in total. The Morgan fingerprint density at radius 1 is 1.35 bits per heavy atom. The molecule has 0 bridgehead atoms. The number of benzene rings is 1. The fraction of sp³-hybridized carbons (Fsp3) is 0.231. The highest BCUT2D eigenvalue weighted by Crippen LogP contribution is 2.13. The molecule has 1 heterocycles. The number of hydrogen-bond donors (Lipinski definition) is 1. The Morgan fingerprint density at radius 2 is 2.06 bits per heavy atom. The summed E-state index contributed by atoms with van der Waals surface area (Å²) in [6.45, 7) is 3.46. The Balaban J connectivity index is 2.82. The number of aryl methyl sites for hydroxylation is 2. The van der Waals surface area contributed by atoms with Gasteiger partial charge in [0, 0.05) is 17.1 Å². The summed E-state index contributed by atoms with van der Waals surface area (Å²) in [7, 11) is 0. The maximum Gasteiger partial charge on any atom is 0.323 e. The van der Waals surface area contributed by atoms with Gasteiger partial charge in [-0.25, -0.2) is 0 Å². The van der Waals surface area contributed by atoms with Crippen LogP contribution in [0.3, 0.4) is 0 Å². The minimum absolute atomic E-state index is 0.0367. The summed E-state index contributed by atoms with van der Waals surface area (Å²) in [5, 5.41) is 9.42. The van der Waals surface area contributed by atoms with Gasteiger partial charge in [-0.1, -0.05) is 11.6 Å². The summed E-state index contributed by atoms with van der Waals surface area (Å²) < 4.78 is 1.59. The molecule has 0 aliphatic heterocycles. The van der Waals surface area contributed by atoms with Crippen molar-refractivity contribution in [1.82, 2.24) is 4.57 Å². The van der Waals surface area contributed by atoms with Crippen LogP contribution in [0.5, 0.6) is 0 Å². The predicted molar refractivity (Wildman–Crippen MR) is 65.3 cm³/mol. The molecular weight excluding hydrogens is 218 g/mol. The number of aromatic nitrogens is 1. The molecule has 1 aromatic carbocycles. The zero-order valence-corrected chi connectivity index (χ0v) is 9.73. The van der Waals surface area contributed by atoms with Crippen molar-refractivity contribution in [3.8, 4) is 0 Å². The van der Waals surface area contributed by atoms with E-state index in [0.29, 0.717) is 16.5 Å². The summed E-state index contributed by atoms with van der Waals surface area (Å²) >= 11 is 0. The first-order valence-corrected chi connectivity index (χ1v) is 5.31.